The molecule has 106 valence electrons. The zero-order valence-corrected chi connectivity index (χ0v) is 11.6. The van der Waals surface area contributed by atoms with Gasteiger partial charge in [0.2, 0.25) is 0 Å². The number of nitrogens with one attached hydrogen (secondary N) is 1. The van der Waals surface area contributed by atoms with Crippen LogP contribution in [-0.2, 0) is 17.8 Å². The van der Waals surface area contributed by atoms with Crippen LogP contribution in [0.3, 0.4) is 0 Å². The zero-order valence-electron chi connectivity index (χ0n) is 11.6. The van der Waals surface area contributed by atoms with Crippen LogP contribution in [0.1, 0.15) is 49.8 Å². The Bertz CT molecular complexity index is 454. The first-order chi connectivity index (χ1) is 9.03. The summed E-state index contributed by atoms with van der Waals surface area (Å²) in [7, 11) is 0. The van der Waals surface area contributed by atoms with Gasteiger partial charge in [-0.15, -0.1) is 0 Å². The molecule has 6 nitrogen and oxygen atoms in total. The maximum atomic E-state index is 12.1. The van der Waals surface area contributed by atoms with Crippen molar-refractivity contribution in [2.75, 3.05) is 0 Å². The predicted molar refractivity (Wildman–Crippen MR) is 71.1 cm³/mol. The average Bonchev–Trinajstić information content (AvgIpc) is 2.81. The average molecular weight is 267 g/mol. The van der Waals surface area contributed by atoms with E-state index in [9.17, 15) is 9.59 Å². The van der Waals surface area contributed by atoms with Crippen LogP contribution in [0.15, 0.2) is 6.07 Å². The molecule has 0 aromatic carbocycles. The van der Waals surface area contributed by atoms with Gasteiger partial charge in [0.05, 0.1) is 5.69 Å². The first kappa shape index (κ1) is 15.2. The van der Waals surface area contributed by atoms with Gasteiger partial charge in [-0.1, -0.05) is 20.3 Å². The lowest BCUT2D eigenvalue weighted by Gasteiger charge is -2.13. The van der Waals surface area contributed by atoms with Crippen molar-refractivity contribution >= 4 is 11.9 Å². The minimum absolute atomic E-state index is 0.380. The largest absolute Gasteiger partial charge is 0.480 e. The van der Waals surface area contributed by atoms with Crippen LogP contribution in [0, 0.1) is 0 Å². The molecule has 0 bridgehead atoms. The Hall–Kier alpha value is -1.85. The maximum absolute atomic E-state index is 12.1. The van der Waals surface area contributed by atoms with E-state index >= 15 is 0 Å². The van der Waals surface area contributed by atoms with Crippen molar-refractivity contribution in [2.45, 2.75) is 52.6 Å². The molecular weight excluding hydrogens is 246 g/mol. The second-order valence-corrected chi connectivity index (χ2v) is 4.34. The molecule has 0 saturated carbocycles. The van der Waals surface area contributed by atoms with Crippen LogP contribution < -0.4 is 5.32 Å². The molecule has 0 spiro atoms. The summed E-state index contributed by atoms with van der Waals surface area (Å²) < 4.78 is 1.60. The Morgan fingerprint density at radius 2 is 2.11 bits per heavy atom. The third-order valence-electron chi connectivity index (χ3n) is 2.91. The van der Waals surface area contributed by atoms with Crippen molar-refractivity contribution in [3.63, 3.8) is 0 Å². The van der Waals surface area contributed by atoms with Crippen LogP contribution in [0.2, 0.25) is 0 Å². The molecule has 1 atom stereocenters. The molecule has 0 unspecified atom stereocenters. The van der Waals surface area contributed by atoms with Gasteiger partial charge in [-0.25, -0.2) is 4.79 Å². The Balaban J connectivity index is 2.87. The molecule has 0 radical (unpaired) electrons. The van der Waals surface area contributed by atoms with Crippen molar-refractivity contribution in [1.29, 1.82) is 0 Å². The Kier molecular flexibility index (Phi) is 5.54. The smallest absolute Gasteiger partial charge is 0.326 e. The molecule has 6 heteroatoms. The fourth-order valence-corrected chi connectivity index (χ4v) is 1.84. The highest BCUT2D eigenvalue weighted by Crippen LogP contribution is 2.07. The number of hydrogen-bond acceptors (Lipinski definition) is 3. The number of hydrogen-bond donors (Lipinski definition) is 2. The molecule has 2 N–H and O–H groups in total. The van der Waals surface area contributed by atoms with Gasteiger partial charge >= 0.3 is 5.97 Å². The molecule has 1 aromatic rings. The zero-order chi connectivity index (χ0) is 14.4. The quantitative estimate of drug-likeness (QED) is 0.783. The number of aliphatic carboxylic acids is 1. The van der Waals surface area contributed by atoms with Crippen LogP contribution in [0.25, 0.3) is 0 Å². The van der Waals surface area contributed by atoms with Gasteiger partial charge in [-0.05, 0) is 25.8 Å². The minimum Gasteiger partial charge on any atom is -0.480 e. The summed E-state index contributed by atoms with van der Waals surface area (Å²) in [5, 5.41) is 15.9. The summed E-state index contributed by atoms with van der Waals surface area (Å²) in [6.45, 7) is 6.31. The fourth-order valence-electron chi connectivity index (χ4n) is 1.84. The topological polar surface area (TPSA) is 84.2 Å². The minimum atomic E-state index is -1.01. The molecular formula is C13H21N3O3. The van der Waals surface area contributed by atoms with E-state index in [0.29, 0.717) is 25.1 Å². The van der Waals surface area contributed by atoms with Crippen LogP contribution in [-0.4, -0.2) is 32.8 Å². The summed E-state index contributed by atoms with van der Waals surface area (Å²) in [5.74, 6) is -1.39. The fraction of sp³-hybridized carbons (Fsp3) is 0.615. The molecule has 1 aromatic heterocycles. The lowest BCUT2D eigenvalue weighted by atomic mass is 10.1. The number of carbonyl (C=O) groups is 2. The Labute approximate surface area is 112 Å². The van der Waals surface area contributed by atoms with Crippen LogP contribution in [0.5, 0.6) is 0 Å². The van der Waals surface area contributed by atoms with Gasteiger partial charge in [-0.2, -0.15) is 5.10 Å². The van der Waals surface area contributed by atoms with Crippen molar-refractivity contribution in [1.82, 2.24) is 15.1 Å². The summed E-state index contributed by atoms with van der Waals surface area (Å²) in [6.07, 6.45) is 1.86. The van der Waals surface area contributed by atoms with Crippen molar-refractivity contribution < 1.29 is 14.7 Å². The molecule has 0 aliphatic heterocycles. The predicted octanol–water partition coefficient (Wildman–Crippen LogP) is 1.45. The second-order valence-electron chi connectivity index (χ2n) is 4.34. The first-order valence-corrected chi connectivity index (χ1v) is 6.63. The third kappa shape index (κ3) is 3.81. The highest BCUT2D eigenvalue weighted by atomic mass is 16.4. The first-order valence-electron chi connectivity index (χ1n) is 6.63. The van der Waals surface area contributed by atoms with E-state index in [2.05, 4.69) is 10.4 Å². The van der Waals surface area contributed by atoms with Gasteiger partial charge in [0.15, 0.2) is 0 Å². The van der Waals surface area contributed by atoms with Gasteiger partial charge in [0, 0.05) is 6.54 Å². The van der Waals surface area contributed by atoms with E-state index in [1.165, 1.54) is 0 Å². The van der Waals surface area contributed by atoms with Crippen molar-refractivity contribution in [3.05, 3.63) is 17.5 Å². The number of nitrogens with zero attached hydrogens (tertiary/aromatic N) is 2. The lowest BCUT2D eigenvalue weighted by molar-refractivity contribution is -0.139. The Morgan fingerprint density at radius 1 is 1.42 bits per heavy atom. The normalized spacial score (nSPS) is 12.2. The SMILES string of the molecule is CCC[C@@H](NC(=O)c1cc(CC)nn1CC)C(=O)O. The highest BCUT2D eigenvalue weighted by Gasteiger charge is 2.22. The molecule has 1 amide bonds. The lowest BCUT2D eigenvalue weighted by Crippen LogP contribution is -2.41. The maximum Gasteiger partial charge on any atom is 0.326 e. The molecule has 0 saturated heterocycles. The van der Waals surface area contributed by atoms with Crippen molar-refractivity contribution in [2.24, 2.45) is 0 Å². The molecule has 0 aliphatic carbocycles. The summed E-state index contributed by atoms with van der Waals surface area (Å²) in [6, 6.07) is 0.867. The van der Waals surface area contributed by atoms with Crippen LogP contribution >= 0.6 is 0 Å². The summed E-state index contributed by atoms with van der Waals surface area (Å²) in [5.41, 5.74) is 1.25. The number of carboxylic acids is 1. The summed E-state index contributed by atoms with van der Waals surface area (Å²) in [4.78, 5) is 23.1. The van der Waals surface area contributed by atoms with Gasteiger partial charge in [0.1, 0.15) is 11.7 Å². The number of rotatable bonds is 7. The second kappa shape index (κ2) is 6.92. The standard InChI is InChI=1S/C13H21N3O3/c1-4-7-10(13(18)19)14-12(17)11-8-9(5-2)15-16(11)6-3/h8,10H,4-7H2,1-3H3,(H,14,17)(H,18,19)/t10-/m1/s1. The van der Waals surface area contributed by atoms with Gasteiger partial charge in [0.25, 0.3) is 5.91 Å². The van der Waals surface area contributed by atoms with Crippen LogP contribution in [0.4, 0.5) is 0 Å². The van der Waals surface area contributed by atoms with E-state index in [1.807, 2.05) is 20.8 Å². The molecule has 0 fully saturated rings. The third-order valence-corrected chi connectivity index (χ3v) is 2.91. The van der Waals surface area contributed by atoms with E-state index < -0.39 is 12.0 Å². The number of carbonyl (C=O) groups excluding carboxylic acids is 1. The monoisotopic (exact) mass is 267 g/mol. The number of aromatic nitrogens is 2. The summed E-state index contributed by atoms with van der Waals surface area (Å²) >= 11 is 0. The van der Waals surface area contributed by atoms with Gasteiger partial charge in [-0.3, -0.25) is 9.48 Å². The van der Waals surface area contributed by atoms with Crippen molar-refractivity contribution in [3.8, 4) is 0 Å². The highest BCUT2D eigenvalue weighted by molar-refractivity contribution is 5.95. The number of amides is 1. The molecule has 1 rings (SSSR count). The number of aryl methyl sites for hydroxylation is 2. The van der Waals surface area contributed by atoms with Gasteiger partial charge < -0.3 is 10.4 Å². The molecule has 19 heavy (non-hydrogen) atoms. The van der Waals surface area contributed by atoms with E-state index in [-0.39, 0.29) is 5.91 Å². The Morgan fingerprint density at radius 3 is 2.58 bits per heavy atom. The number of carboxylic acid groups (broad SMARTS) is 1. The van der Waals surface area contributed by atoms with E-state index in [0.717, 1.165) is 12.1 Å². The van der Waals surface area contributed by atoms with E-state index in [1.54, 1.807) is 10.7 Å². The van der Waals surface area contributed by atoms with E-state index in [4.69, 9.17) is 5.11 Å². The molecule has 1 heterocycles. The molecule has 0 aliphatic rings.